The third-order valence-corrected chi connectivity index (χ3v) is 21.3. The zero-order valence-electron chi connectivity index (χ0n) is 43.9. The molecule has 0 aromatic heterocycles. The van der Waals surface area contributed by atoms with Crippen LogP contribution in [0.3, 0.4) is 0 Å². The molecule has 404 valence electrons. The van der Waals surface area contributed by atoms with Crippen molar-refractivity contribution >= 4 is 17.8 Å². The molecule has 12 heterocycles. The predicted octanol–water partition coefficient (Wildman–Crippen LogP) is 7.48. The lowest BCUT2D eigenvalue weighted by molar-refractivity contribution is -0.571. The summed E-state index contributed by atoms with van der Waals surface area (Å²) in [4.78, 5) is 79.3. The standard InChI is InChI=1S/C54H81NO17/c1-27-10-13-37-30(4)40(61-46-52(37)34(27)16-19-49(7,64-46)67-70-52)22-43(56)55-33(25-59-44(57)23-41-31(5)38-14-11-28(2)35-17-20-50(8)65-47(62-41)53(35,38)71-68-50)26-60-45(58)24-42-32(6)39-15-12-29(3)36-18-21-51(9)66-48(63-42)54(36,39)72-69-51/h27-42,46-48H,10-26H2,1-9H3,(H,55,56)/t27-,28-,29-,30-,31-,32-,33?,34+,35+,36+,37+,38+,39+,40?,41?,42?,46-,47-,48-,49?,50?,51?,52-,53-,54-/m1/s1. The summed E-state index contributed by atoms with van der Waals surface area (Å²) >= 11 is 0. The highest BCUT2D eigenvalue weighted by molar-refractivity contribution is 5.77. The zero-order valence-corrected chi connectivity index (χ0v) is 43.9. The van der Waals surface area contributed by atoms with Gasteiger partial charge in [0.25, 0.3) is 0 Å². The SMILES string of the molecule is C[C@@H]1CC[C@H]2[C@@H](C)C(CC(=O)NC(COC(=O)CC3O[C@@H]4OC5(C)CC[C@H]6[C@H](C)CC[C@@H]([C@H]3C)[C@@]46OO5)COC(=O)CC3O[C@@H]4OC5(C)CC[C@H]6[C@H](C)CC[C@@H]([C@H]3C)[C@@]46OO5)O[C@@H]3OC4(C)CC[C@@H]1[C@]32OO4. The van der Waals surface area contributed by atoms with Crippen molar-refractivity contribution in [2.24, 2.45) is 71.0 Å². The highest BCUT2D eigenvalue weighted by Crippen LogP contribution is 2.64. The molecule has 12 aliphatic heterocycles. The van der Waals surface area contributed by atoms with Gasteiger partial charge in [0, 0.05) is 37.0 Å². The number of amides is 1. The molecule has 6 bridgehead atoms. The van der Waals surface area contributed by atoms with E-state index in [1.54, 1.807) is 0 Å². The van der Waals surface area contributed by atoms with Gasteiger partial charge in [0.1, 0.15) is 13.2 Å². The van der Waals surface area contributed by atoms with Crippen molar-refractivity contribution in [2.45, 2.75) is 236 Å². The average Bonchev–Trinajstić information content (AvgIpc) is 3.82. The molecule has 3 aliphatic carbocycles. The number of esters is 2. The van der Waals surface area contributed by atoms with Gasteiger partial charge in [0.2, 0.25) is 23.3 Å². The maximum absolute atomic E-state index is 14.3. The Balaban J connectivity index is 0.732. The fourth-order valence-electron chi connectivity index (χ4n) is 17.1. The molecular weight excluding hydrogens is 935 g/mol. The summed E-state index contributed by atoms with van der Waals surface area (Å²) in [6.07, 6.45) is 6.88. The normalized spacial score (nSPS) is 54.1. The van der Waals surface area contributed by atoms with Gasteiger partial charge in [-0.2, -0.15) is 0 Å². The average molecular weight is 1020 g/mol. The van der Waals surface area contributed by atoms with Gasteiger partial charge in [-0.3, -0.25) is 14.4 Å². The number of carbonyl (C=O) groups excluding carboxylic acids is 3. The Morgan fingerprint density at radius 3 is 1.14 bits per heavy atom. The summed E-state index contributed by atoms with van der Waals surface area (Å²) in [6.45, 7) is 18.3. The molecule has 0 radical (unpaired) electrons. The fourth-order valence-corrected chi connectivity index (χ4v) is 17.1. The van der Waals surface area contributed by atoms with E-state index in [-0.39, 0.29) is 91.6 Å². The maximum atomic E-state index is 14.3. The van der Waals surface area contributed by atoms with Crippen LogP contribution in [0.25, 0.3) is 0 Å². The van der Waals surface area contributed by atoms with Crippen LogP contribution in [-0.2, 0) is 81.6 Å². The number of hydrogen-bond acceptors (Lipinski definition) is 17. The van der Waals surface area contributed by atoms with Crippen LogP contribution < -0.4 is 5.32 Å². The van der Waals surface area contributed by atoms with Crippen molar-refractivity contribution in [2.75, 3.05) is 13.2 Å². The molecule has 1 amide bonds. The molecule has 3 spiro atoms. The second kappa shape index (κ2) is 18.3. The van der Waals surface area contributed by atoms with Crippen LogP contribution in [0.1, 0.15) is 159 Å². The van der Waals surface area contributed by atoms with Gasteiger partial charge < -0.3 is 43.2 Å². The Kier molecular flexibility index (Phi) is 12.9. The zero-order chi connectivity index (χ0) is 50.3. The van der Waals surface area contributed by atoms with Crippen molar-refractivity contribution in [1.29, 1.82) is 0 Å². The van der Waals surface area contributed by atoms with Crippen molar-refractivity contribution < 1.29 is 81.6 Å². The first kappa shape index (κ1) is 50.7. The van der Waals surface area contributed by atoms with E-state index in [1.165, 1.54) is 0 Å². The minimum Gasteiger partial charge on any atom is -0.463 e. The monoisotopic (exact) mass is 1020 g/mol. The first-order chi connectivity index (χ1) is 34.3. The minimum atomic E-state index is -0.951. The Bertz CT molecular complexity index is 2000. The molecule has 15 rings (SSSR count). The van der Waals surface area contributed by atoms with E-state index < -0.39 is 89.3 Å². The second-order valence-corrected chi connectivity index (χ2v) is 25.6. The van der Waals surface area contributed by atoms with Gasteiger partial charge in [-0.25, -0.2) is 29.3 Å². The van der Waals surface area contributed by atoms with Gasteiger partial charge in [0.05, 0.1) is 43.6 Å². The molecule has 18 heteroatoms. The van der Waals surface area contributed by atoms with Crippen LogP contribution >= 0.6 is 0 Å². The van der Waals surface area contributed by atoms with Crippen molar-refractivity contribution in [3.05, 3.63) is 0 Å². The summed E-state index contributed by atoms with van der Waals surface area (Å²) in [5.41, 5.74) is -2.28. The molecule has 18 nitrogen and oxygen atoms in total. The smallest absolute Gasteiger partial charge is 0.308 e. The number of ether oxygens (including phenoxy) is 8. The van der Waals surface area contributed by atoms with E-state index in [2.05, 4.69) is 46.9 Å². The Morgan fingerprint density at radius 1 is 0.458 bits per heavy atom. The number of hydrogen-bond donors (Lipinski definition) is 1. The Hall–Kier alpha value is -2.07. The molecule has 72 heavy (non-hydrogen) atoms. The van der Waals surface area contributed by atoms with E-state index in [0.29, 0.717) is 37.0 Å². The third kappa shape index (κ3) is 8.01. The van der Waals surface area contributed by atoms with Crippen molar-refractivity contribution in [3.63, 3.8) is 0 Å². The van der Waals surface area contributed by atoms with Gasteiger partial charge in [-0.1, -0.05) is 41.5 Å². The number of carbonyl (C=O) groups is 3. The first-order valence-electron chi connectivity index (χ1n) is 28.0. The third-order valence-electron chi connectivity index (χ3n) is 21.3. The summed E-state index contributed by atoms with van der Waals surface area (Å²) in [6, 6.07) is -0.878. The quantitative estimate of drug-likeness (QED) is 0.158. The van der Waals surface area contributed by atoms with E-state index in [0.717, 1.165) is 57.8 Å². The molecule has 24 atom stereocenters. The molecule has 15 fully saturated rings. The van der Waals surface area contributed by atoms with E-state index >= 15 is 0 Å². The van der Waals surface area contributed by atoms with Crippen LogP contribution in [0, 0.1) is 71.0 Å². The van der Waals surface area contributed by atoms with Crippen LogP contribution in [-0.4, -0.2) is 108 Å². The molecule has 0 aromatic carbocycles. The Labute approximate surface area is 423 Å². The molecule has 12 saturated heterocycles. The maximum Gasteiger partial charge on any atom is 0.308 e. The highest BCUT2D eigenvalue weighted by atomic mass is 17.3. The number of rotatable bonds is 11. The van der Waals surface area contributed by atoms with Gasteiger partial charge in [-0.15, -0.1) is 0 Å². The Morgan fingerprint density at radius 2 is 0.792 bits per heavy atom. The topological polar surface area (TPSA) is 192 Å². The van der Waals surface area contributed by atoms with Gasteiger partial charge in [0.15, 0.2) is 35.7 Å². The number of nitrogens with one attached hydrogen (secondary N) is 1. The minimum absolute atomic E-state index is 0.00827. The van der Waals surface area contributed by atoms with Crippen molar-refractivity contribution in [1.82, 2.24) is 5.32 Å². The van der Waals surface area contributed by atoms with E-state index in [1.807, 2.05) is 20.8 Å². The van der Waals surface area contributed by atoms with Gasteiger partial charge in [-0.05, 0) is 132 Å². The van der Waals surface area contributed by atoms with Crippen LogP contribution in [0.4, 0.5) is 0 Å². The lowest BCUT2D eigenvalue weighted by Crippen LogP contribution is -2.70. The molecule has 0 aromatic rings. The first-order valence-corrected chi connectivity index (χ1v) is 28.0. The molecule has 1 N–H and O–H groups in total. The lowest BCUT2D eigenvalue weighted by atomic mass is 9.57. The molecule has 6 unspecified atom stereocenters. The van der Waals surface area contributed by atoms with Crippen LogP contribution in [0.5, 0.6) is 0 Å². The van der Waals surface area contributed by atoms with E-state index in [9.17, 15) is 14.4 Å². The molecular formula is C54H81NO17. The fraction of sp³-hybridized carbons (Fsp3) is 0.944. The summed E-state index contributed by atoms with van der Waals surface area (Å²) < 4.78 is 51.9. The second-order valence-electron chi connectivity index (χ2n) is 25.6. The highest BCUT2D eigenvalue weighted by Gasteiger charge is 2.72. The summed E-state index contributed by atoms with van der Waals surface area (Å²) in [5.74, 6) is -2.44. The summed E-state index contributed by atoms with van der Waals surface area (Å²) in [5, 5.41) is 3.07. The summed E-state index contributed by atoms with van der Waals surface area (Å²) in [7, 11) is 0. The number of fused-ring (bicyclic) bond motifs is 6. The van der Waals surface area contributed by atoms with E-state index in [4.69, 9.17) is 67.2 Å². The van der Waals surface area contributed by atoms with Crippen LogP contribution in [0.15, 0.2) is 0 Å². The predicted molar refractivity (Wildman–Crippen MR) is 248 cm³/mol. The largest absolute Gasteiger partial charge is 0.463 e. The van der Waals surface area contributed by atoms with Crippen LogP contribution in [0.2, 0.25) is 0 Å². The molecule has 15 aliphatic rings. The van der Waals surface area contributed by atoms with Crippen molar-refractivity contribution in [3.8, 4) is 0 Å². The molecule has 3 saturated carbocycles. The lowest BCUT2D eigenvalue weighted by Gasteiger charge is -2.60. The van der Waals surface area contributed by atoms with Gasteiger partial charge >= 0.3 is 11.9 Å².